The Morgan fingerprint density at radius 3 is 2.54 bits per heavy atom. The Morgan fingerprint density at radius 1 is 1.17 bits per heavy atom. The molecule has 35 heavy (non-hydrogen) atoms. The second-order valence-corrected chi connectivity index (χ2v) is 11.3. The maximum Gasteiger partial charge on any atom is 0.256 e. The van der Waals surface area contributed by atoms with Gasteiger partial charge in [0.05, 0.1) is 12.7 Å². The molecule has 3 saturated heterocycles. The predicted molar refractivity (Wildman–Crippen MR) is 132 cm³/mol. The first-order valence-electron chi connectivity index (χ1n) is 12.8. The highest BCUT2D eigenvalue weighted by molar-refractivity contribution is 5.98. The summed E-state index contributed by atoms with van der Waals surface area (Å²) in [5, 5.41) is 2.99. The molecule has 0 radical (unpaired) electrons. The molecule has 2 atom stereocenters. The van der Waals surface area contributed by atoms with Crippen molar-refractivity contribution in [3.05, 3.63) is 35.4 Å². The first-order chi connectivity index (χ1) is 16.6. The topological polar surface area (TPSA) is 88.2 Å². The highest BCUT2D eigenvalue weighted by atomic mass is 16.5. The average molecular weight is 486 g/mol. The molecule has 1 aromatic rings. The van der Waals surface area contributed by atoms with Crippen LogP contribution in [-0.4, -0.2) is 78.2 Å². The fraction of sp³-hybridized carbons (Fsp3) is 0.667. The summed E-state index contributed by atoms with van der Waals surface area (Å²) in [4.78, 5) is 43.4. The normalized spacial score (nSPS) is 24.1. The van der Waals surface area contributed by atoms with Crippen LogP contribution in [0, 0.1) is 12.3 Å². The molecule has 192 valence electrons. The molecule has 3 aliphatic heterocycles. The summed E-state index contributed by atoms with van der Waals surface area (Å²) in [5.41, 5.74) is 0.533. The number of aryl methyl sites for hydroxylation is 1. The molecule has 3 fully saturated rings. The van der Waals surface area contributed by atoms with E-state index in [1.165, 1.54) is 0 Å². The highest BCUT2D eigenvalue weighted by Gasteiger charge is 2.54. The number of amides is 3. The van der Waals surface area contributed by atoms with Crippen molar-refractivity contribution in [2.24, 2.45) is 5.41 Å². The van der Waals surface area contributed by atoms with Crippen molar-refractivity contribution in [2.45, 2.75) is 77.7 Å². The van der Waals surface area contributed by atoms with Crippen LogP contribution in [0.2, 0.25) is 0 Å². The van der Waals surface area contributed by atoms with Gasteiger partial charge in [0, 0.05) is 51.1 Å². The number of nitrogens with zero attached hydrogens (tertiary/aromatic N) is 2. The third-order valence-electron chi connectivity index (χ3n) is 7.15. The summed E-state index contributed by atoms with van der Waals surface area (Å²) >= 11 is 0. The van der Waals surface area contributed by atoms with Crippen LogP contribution in [0.1, 0.15) is 68.8 Å². The highest BCUT2D eigenvalue weighted by Crippen LogP contribution is 2.39. The number of hydrogen-bond acceptors (Lipinski definition) is 5. The van der Waals surface area contributed by atoms with Crippen LogP contribution in [0.4, 0.5) is 0 Å². The third-order valence-corrected chi connectivity index (χ3v) is 7.15. The first kappa shape index (κ1) is 25.6. The second kappa shape index (κ2) is 10.3. The Bertz CT molecular complexity index is 942. The molecule has 0 bridgehead atoms. The molecule has 3 aliphatic rings. The van der Waals surface area contributed by atoms with Gasteiger partial charge in [-0.1, -0.05) is 38.5 Å². The quantitative estimate of drug-likeness (QED) is 0.693. The summed E-state index contributed by atoms with van der Waals surface area (Å²) in [6.07, 6.45) is 3.38. The van der Waals surface area contributed by atoms with E-state index in [2.05, 4.69) is 26.1 Å². The molecule has 0 saturated carbocycles. The molecular weight excluding hydrogens is 446 g/mol. The Balaban J connectivity index is 1.52. The molecule has 1 spiro atoms. The minimum Gasteiger partial charge on any atom is -0.376 e. The molecule has 4 rings (SSSR count). The van der Waals surface area contributed by atoms with Crippen LogP contribution in [0.25, 0.3) is 0 Å². The number of hydrogen-bond donors (Lipinski definition) is 1. The lowest BCUT2D eigenvalue weighted by atomic mass is 9.90. The van der Waals surface area contributed by atoms with Crippen LogP contribution in [0.3, 0.4) is 0 Å². The minimum absolute atomic E-state index is 0.0215. The molecule has 0 unspecified atom stereocenters. The Kier molecular flexibility index (Phi) is 7.52. The fourth-order valence-corrected chi connectivity index (χ4v) is 5.29. The number of nitrogens with one attached hydrogen (secondary N) is 1. The van der Waals surface area contributed by atoms with Gasteiger partial charge in [0.1, 0.15) is 11.8 Å². The van der Waals surface area contributed by atoms with E-state index < -0.39 is 11.8 Å². The largest absolute Gasteiger partial charge is 0.376 e. The van der Waals surface area contributed by atoms with Crippen LogP contribution in [-0.2, 0) is 19.1 Å². The molecule has 1 aromatic carbocycles. The number of benzene rings is 1. The summed E-state index contributed by atoms with van der Waals surface area (Å²) in [7, 11) is 0. The summed E-state index contributed by atoms with van der Waals surface area (Å²) in [6, 6.07) is 6.70. The van der Waals surface area contributed by atoms with E-state index in [9.17, 15) is 14.4 Å². The van der Waals surface area contributed by atoms with E-state index in [0.29, 0.717) is 44.5 Å². The van der Waals surface area contributed by atoms with Crippen molar-refractivity contribution >= 4 is 17.7 Å². The van der Waals surface area contributed by atoms with Gasteiger partial charge >= 0.3 is 0 Å². The lowest BCUT2D eigenvalue weighted by Crippen LogP contribution is -2.60. The second-order valence-electron chi connectivity index (χ2n) is 11.3. The smallest absolute Gasteiger partial charge is 0.256 e. The zero-order valence-electron chi connectivity index (χ0n) is 21.5. The van der Waals surface area contributed by atoms with Crippen LogP contribution >= 0.6 is 0 Å². The lowest BCUT2D eigenvalue weighted by molar-refractivity contribution is -0.145. The number of likely N-dealkylation sites (tertiary alicyclic amines) is 1. The zero-order valence-corrected chi connectivity index (χ0v) is 21.5. The number of piperidine rings is 1. The van der Waals surface area contributed by atoms with Gasteiger partial charge in [0.15, 0.2) is 0 Å². The van der Waals surface area contributed by atoms with Crippen molar-refractivity contribution in [3.63, 3.8) is 0 Å². The van der Waals surface area contributed by atoms with E-state index in [4.69, 9.17) is 9.47 Å². The molecule has 0 aliphatic carbocycles. The van der Waals surface area contributed by atoms with Crippen molar-refractivity contribution in [3.8, 4) is 0 Å². The van der Waals surface area contributed by atoms with Crippen LogP contribution < -0.4 is 5.32 Å². The van der Waals surface area contributed by atoms with Gasteiger partial charge in [0.2, 0.25) is 11.8 Å². The van der Waals surface area contributed by atoms with Gasteiger partial charge in [-0.3, -0.25) is 19.3 Å². The monoisotopic (exact) mass is 485 g/mol. The van der Waals surface area contributed by atoms with Gasteiger partial charge in [-0.25, -0.2) is 0 Å². The van der Waals surface area contributed by atoms with Gasteiger partial charge in [0.25, 0.3) is 5.91 Å². The predicted octanol–water partition coefficient (Wildman–Crippen LogP) is 2.89. The van der Waals surface area contributed by atoms with Crippen molar-refractivity contribution in [1.82, 2.24) is 15.1 Å². The number of rotatable bonds is 5. The maximum atomic E-state index is 13.8. The Morgan fingerprint density at radius 2 is 1.91 bits per heavy atom. The lowest BCUT2D eigenvalue weighted by Gasteiger charge is -2.45. The van der Waals surface area contributed by atoms with Gasteiger partial charge in [-0.15, -0.1) is 0 Å². The van der Waals surface area contributed by atoms with Crippen molar-refractivity contribution in [1.29, 1.82) is 0 Å². The Labute approximate surface area is 208 Å². The van der Waals surface area contributed by atoms with E-state index >= 15 is 0 Å². The number of ether oxygens (including phenoxy) is 2. The van der Waals surface area contributed by atoms with Crippen molar-refractivity contribution < 1.29 is 23.9 Å². The SMILES string of the molecule is Cc1cccc(C(=O)N2[C@H](C(=O)NC[C@H]3CCCO3)COC23CCN(C(=O)CC(C)(C)C)CC3)c1. The number of carbonyl (C=O) groups is 3. The van der Waals surface area contributed by atoms with Gasteiger partial charge in [-0.2, -0.15) is 0 Å². The molecule has 8 heteroatoms. The first-order valence-corrected chi connectivity index (χ1v) is 12.8. The van der Waals surface area contributed by atoms with Gasteiger partial charge in [-0.05, 0) is 37.3 Å². The zero-order chi connectivity index (χ0) is 25.2. The Hall–Kier alpha value is -2.45. The summed E-state index contributed by atoms with van der Waals surface area (Å²) in [6.45, 7) is 10.4. The number of carbonyl (C=O) groups excluding carboxylic acids is 3. The molecular formula is C27H39N3O5. The molecule has 0 aromatic heterocycles. The van der Waals surface area contributed by atoms with E-state index in [1.54, 1.807) is 11.0 Å². The maximum absolute atomic E-state index is 13.8. The van der Waals surface area contributed by atoms with E-state index in [-0.39, 0.29) is 35.8 Å². The summed E-state index contributed by atoms with van der Waals surface area (Å²) < 4.78 is 11.9. The molecule has 1 N–H and O–H groups in total. The third kappa shape index (κ3) is 5.86. The summed E-state index contributed by atoms with van der Waals surface area (Å²) in [5.74, 6) is -0.310. The fourth-order valence-electron chi connectivity index (χ4n) is 5.29. The molecule has 3 amide bonds. The van der Waals surface area contributed by atoms with Crippen molar-refractivity contribution in [2.75, 3.05) is 32.8 Å². The van der Waals surface area contributed by atoms with Crippen LogP contribution in [0.15, 0.2) is 24.3 Å². The van der Waals surface area contributed by atoms with E-state index in [0.717, 1.165) is 25.0 Å². The standard InChI is InChI=1S/C27H39N3O5/c1-19-7-5-8-20(15-19)25(33)30-22(24(32)28-17-21-9-6-14-34-21)18-35-27(30)10-12-29(13-11-27)23(31)16-26(2,3)4/h5,7-8,15,21-22H,6,9-14,16-18H2,1-4H3,(H,28,32)/t21-,22+/m1/s1. The van der Waals surface area contributed by atoms with E-state index in [1.807, 2.05) is 30.0 Å². The minimum atomic E-state index is -0.898. The average Bonchev–Trinajstić information content (AvgIpc) is 3.45. The van der Waals surface area contributed by atoms with Crippen LogP contribution in [0.5, 0.6) is 0 Å². The molecule has 8 nitrogen and oxygen atoms in total. The van der Waals surface area contributed by atoms with Gasteiger partial charge < -0.3 is 19.7 Å². The molecule has 3 heterocycles.